The van der Waals surface area contributed by atoms with E-state index in [1.54, 1.807) is 0 Å². The van der Waals surface area contributed by atoms with E-state index in [9.17, 15) is 9.59 Å². The molecular formula is C18H19ClN2O4. The van der Waals surface area contributed by atoms with Crippen LogP contribution in [-0.4, -0.2) is 33.3 Å². The molecule has 0 fully saturated rings. The van der Waals surface area contributed by atoms with Gasteiger partial charge in [0, 0.05) is 47.7 Å². The normalized spacial score (nSPS) is 16.0. The van der Waals surface area contributed by atoms with Crippen molar-refractivity contribution < 1.29 is 19.8 Å². The van der Waals surface area contributed by atoms with Crippen LogP contribution in [-0.2, 0) is 16.1 Å². The summed E-state index contributed by atoms with van der Waals surface area (Å²) < 4.78 is 2.39. The standard InChI is InChI=1S/C14H15ClN2.C4H4O4/c1-10-13-6-7-14(17(13)9-8-16-10)11-2-4-12(15)5-3-11;5-3(6)1-2-4(7)8/h2-7,10,16H,8-9H2,1H3;1-2H,(H,5,6)(H,7,8)/b;2-1+. The van der Waals surface area contributed by atoms with Crippen LogP contribution >= 0.6 is 11.6 Å². The van der Waals surface area contributed by atoms with Gasteiger partial charge in [0.25, 0.3) is 0 Å². The van der Waals surface area contributed by atoms with E-state index in [1.165, 1.54) is 17.0 Å². The number of hydrogen-bond donors (Lipinski definition) is 3. The van der Waals surface area contributed by atoms with Gasteiger partial charge in [0.15, 0.2) is 0 Å². The number of nitrogens with one attached hydrogen (secondary N) is 1. The number of carboxylic acids is 2. The molecule has 0 bridgehead atoms. The highest BCUT2D eigenvalue weighted by Gasteiger charge is 2.18. The average molecular weight is 363 g/mol. The van der Waals surface area contributed by atoms with Crippen LogP contribution in [0.2, 0.25) is 5.02 Å². The fourth-order valence-electron chi connectivity index (χ4n) is 2.62. The summed E-state index contributed by atoms with van der Waals surface area (Å²) in [5, 5.41) is 19.9. The Labute approximate surface area is 150 Å². The summed E-state index contributed by atoms with van der Waals surface area (Å²) in [7, 11) is 0. The number of aliphatic carboxylic acids is 2. The Balaban J connectivity index is 0.000000242. The lowest BCUT2D eigenvalue weighted by atomic mass is 10.1. The molecule has 1 atom stereocenters. The maximum Gasteiger partial charge on any atom is 0.328 e. The van der Waals surface area contributed by atoms with E-state index in [0.717, 1.165) is 18.1 Å². The Kier molecular flexibility index (Phi) is 6.38. The molecule has 0 aliphatic carbocycles. The lowest BCUT2D eigenvalue weighted by Crippen LogP contribution is -2.31. The number of carboxylic acid groups (broad SMARTS) is 2. The van der Waals surface area contributed by atoms with Crippen molar-refractivity contribution in [1.82, 2.24) is 9.88 Å². The van der Waals surface area contributed by atoms with E-state index >= 15 is 0 Å². The van der Waals surface area contributed by atoms with Crippen molar-refractivity contribution in [2.45, 2.75) is 19.5 Å². The third-order valence-corrected chi connectivity index (χ3v) is 4.00. The monoisotopic (exact) mass is 362 g/mol. The number of benzene rings is 1. The Bertz CT molecular complexity index is 765. The molecular weight excluding hydrogens is 344 g/mol. The van der Waals surface area contributed by atoms with Crippen molar-refractivity contribution in [3.8, 4) is 11.3 Å². The summed E-state index contributed by atoms with van der Waals surface area (Å²) in [5.74, 6) is -2.51. The fraction of sp³-hybridized carbons (Fsp3) is 0.222. The van der Waals surface area contributed by atoms with Gasteiger partial charge in [0.05, 0.1) is 0 Å². The number of rotatable bonds is 3. The Hall–Kier alpha value is -2.57. The largest absolute Gasteiger partial charge is 0.478 e. The van der Waals surface area contributed by atoms with Crippen molar-refractivity contribution in [3.63, 3.8) is 0 Å². The second kappa shape index (κ2) is 8.50. The number of nitrogens with zero attached hydrogens (tertiary/aromatic N) is 1. The molecule has 1 aliphatic rings. The molecule has 0 radical (unpaired) electrons. The number of hydrogen-bond acceptors (Lipinski definition) is 3. The highest BCUT2D eigenvalue weighted by Crippen LogP contribution is 2.28. The maximum atomic E-state index is 9.55. The van der Waals surface area contributed by atoms with Gasteiger partial charge in [-0.1, -0.05) is 23.7 Å². The Morgan fingerprint density at radius 3 is 2.28 bits per heavy atom. The van der Waals surface area contributed by atoms with Crippen LogP contribution in [0.15, 0.2) is 48.6 Å². The maximum absolute atomic E-state index is 9.55. The van der Waals surface area contributed by atoms with Crippen LogP contribution in [0, 0.1) is 0 Å². The molecule has 0 spiro atoms. The van der Waals surface area contributed by atoms with Gasteiger partial charge in [-0.2, -0.15) is 0 Å². The number of halogens is 1. The summed E-state index contributed by atoms with van der Waals surface area (Å²) in [4.78, 5) is 19.1. The molecule has 0 saturated carbocycles. The molecule has 1 aliphatic heterocycles. The Morgan fingerprint density at radius 2 is 1.72 bits per heavy atom. The lowest BCUT2D eigenvalue weighted by molar-refractivity contribution is -0.134. The van der Waals surface area contributed by atoms with Crippen LogP contribution in [0.25, 0.3) is 11.3 Å². The molecule has 7 heteroatoms. The van der Waals surface area contributed by atoms with Crippen LogP contribution in [0.1, 0.15) is 18.7 Å². The zero-order valence-corrected chi connectivity index (χ0v) is 14.4. The molecule has 2 heterocycles. The first-order chi connectivity index (χ1) is 11.9. The molecule has 132 valence electrons. The average Bonchev–Trinajstić information content (AvgIpc) is 3.00. The SMILES string of the molecule is CC1NCCn2c(-c3ccc(Cl)cc3)ccc21.O=C(O)/C=C/C(=O)O. The number of aromatic nitrogens is 1. The first-order valence-corrected chi connectivity index (χ1v) is 8.09. The van der Waals surface area contributed by atoms with Crippen LogP contribution in [0.4, 0.5) is 0 Å². The van der Waals surface area contributed by atoms with Gasteiger partial charge < -0.3 is 20.1 Å². The topological polar surface area (TPSA) is 91.6 Å². The van der Waals surface area contributed by atoms with E-state index in [0.29, 0.717) is 18.2 Å². The van der Waals surface area contributed by atoms with Crippen molar-refractivity contribution in [2.24, 2.45) is 0 Å². The first-order valence-electron chi connectivity index (χ1n) is 7.71. The predicted octanol–water partition coefficient (Wildman–Crippen LogP) is 3.18. The van der Waals surface area contributed by atoms with E-state index in [2.05, 4.69) is 41.1 Å². The third-order valence-electron chi connectivity index (χ3n) is 3.75. The van der Waals surface area contributed by atoms with E-state index < -0.39 is 11.9 Å². The van der Waals surface area contributed by atoms with Gasteiger partial charge >= 0.3 is 11.9 Å². The van der Waals surface area contributed by atoms with Crippen molar-refractivity contribution in [1.29, 1.82) is 0 Å². The van der Waals surface area contributed by atoms with Crippen LogP contribution in [0.5, 0.6) is 0 Å². The minimum atomic E-state index is -1.26. The molecule has 0 amide bonds. The quantitative estimate of drug-likeness (QED) is 0.729. The van der Waals surface area contributed by atoms with Crippen molar-refractivity contribution >= 4 is 23.5 Å². The van der Waals surface area contributed by atoms with E-state index in [1.807, 2.05) is 12.1 Å². The number of carbonyl (C=O) groups is 2. The smallest absolute Gasteiger partial charge is 0.328 e. The summed E-state index contributed by atoms with van der Waals surface area (Å²) >= 11 is 5.92. The van der Waals surface area contributed by atoms with Gasteiger partial charge in [0.2, 0.25) is 0 Å². The molecule has 3 rings (SSSR count). The summed E-state index contributed by atoms with van der Waals surface area (Å²) in [6, 6.07) is 12.9. The van der Waals surface area contributed by atoms with Gasteiger partial charge in [-0.3, -0.25) is 0 Å². The molecule has 3 N–H and O–H groups in total. The first kappa shape index (κ1) is 18.8. The minimum Gasteiger partial charge on any atom is -0.478 e. The highest BCUT2D eigenvalue weighted by molar-refractivity contribution is 6.30. The number of fused-ring (bicyclic) bond motifs is 1. The van der Waals surface area contributed by atoms with E-state index in [-0.39, 0.29) is 0 Å². The molecule has 0 saturated heterocycles. The third kappa shape index (κ3) is 5.20. The van der Waals surface area contributed by atoms with Crippen LogP contribution < -0.4 is 5.32 Å². The van der Waals surface area contributed by atoms with Gasteiger partial charge in [-0.25, -0.2) is 9.59 Å². The van der Waals surface area contributed by atoms with Gasteiger partial charge in [-0.15, -0.1) is 0 Å². The second-order valence-corrected chi connectivity index (χ2v) is 5.92. The Morgan fingerprint density at radius 1 is 1.12 bits per heavy atom. The molecule has 1 unspecified atom stereocenters. The molecule has 1 aromatic heterocycles. The molecule has 25 heavy (non-hydrogen) atoms. The summed E-state index contributed by atoms with van der Waals surface area (Å²) in [6.07, 6.45) is 1.12. The zero-order valence-electron chi connectivity index (χ0n) is 13.6. The van der Waals surface area contributed by atoms with Crippen molar-refractivity contribution in [2.75, 3.05) is 6.54 Å². The zero-order chi connectivity index (χ0) is 18.4. The van der Waals surface area contributed by atoms with Gasteiger partial charge in [0.1, 0.15) is 0 Å². The minimum absolute atomic E-state index is 0.435. The molecule has 2 aromatic rings. The predicted molar refractivity (Wildman–Crippen MR) is 95.7 cm³/mol. The van der Waals surface area contributed by atoms with E-state index in [4.69, 9.17) is 21.8 Å². The van der Waals surface area contributed by atoms with Crippen LogP contribution in [0.3, 0.4) is 0 Å². The van der Waals surface area contributed by atoms with Crippen molar-refractivity contribution in [3.05, 3.63) is 59.3 Å². The second-order valence-electron chi connectivity index (χ2n) is 5.49. The summed E-state index contributed by atoms with van der Waals surface area (Å²) in [5.41, 5.74) is 3.88. The lowest BCUT2D eigenvalue weighted by Gasteiger charge is -2.25. The molecule has 6 nitrogen and oxygen atoms in total. The highest BCUT2D eigenvalue weighted by atomic mass is 35.5. The molecule has 1 aromatic carbocycles. The van der Waals surface area contributed by atoms with Gasteiger partial charge in [-0.05, 0) is 36.8 Å². The summed E-state index contributed by atoms with van der Waals surface area (Å²) in [6.45, 7) is 4.27. The fourth-order valence-corrected chi connectivity index (χ4v) is 2.75.